The molecule has 1 aromatic rings. The monoisotopic (exact) mass is 289 g/mol. The molecule has 2 fully saturated rings. The highest BCUT2D eigenvalue weighted by molar-refractivity contribution is 7.80. The van der Waals surface area contributed by atoms with Crippen molar-refractivity contribution in [2.45, 2.75) is 20.4 Å². The Hall–Kier alpha value is -1.82. The fourth-order valence-corrected chi connectivity index (χ4v) is 3.16. The van der Waals surface area contributed by atoms with E-state index in [1.165, 1.54) is 4.90 Å². The molecule has 0 spiro atoms. The molecule has 6 heteroatoms. The molecule has 2 amide bonds. The Morgan fingerprint density at radius 3 is 2.55 bits per heavy atom. The van der Waals surface area contributed by atoms with Gasteiger partial charge in [0.2, 0.25) is 11.8 Å². The van der Waals surface area contributed by atoms with Crippen LogP contribution < -0.4 is 5.73 Å². The smallest absolute Gasteiger partial charge is 0.233 e. The van der Waals surface area contributed by atoms with Crippen molar-refractivity contribution in [2.24, 2.45) is 23.0 Å². The van der Waals surface area contributed by atoms with Crippen molar-refractivity contribution in [3.8, 4) is 0 Å². The number of likely N-dealkylation sites (tertiary alicyclic amines) is 1. The van der Waals surface area contributed by atoms with Crippen LogP contribution in [0.2, 0.25) is 0 Å². The Kier molecular flexibility index (Phi) is 2.69. The molecule has 1 saturated carbocycles. The summed E-state index contributed by atoms with van der Waals surface area (Å²) in [5, 5.41) is 0. The third kappa shape index (κ3) is 1.75. The van der Waals surface area contributed by atoms with E-state index in [0.717, 1.165) is 5.56 Å². The average Bonchev–Trinajstić information content (AvgIpc) is 2.87. The van der Waals surface area contributed by atoms with Gasteiger partial charge < -0.3 is 5.73 Å². The Bertz CT molecular complexity index is 617. The summed E-state index contributed by atoms with van der Waals surface area (Å²) in [5.41, 5.74) is 6.67. The van der Waals surface area contributed by atoms with E-state index in [2.05, 4.69) is 4.98 Å². The number of fused-ring (bicyclic) bond motifs is 1. The van der Waals surface area contributed by atoms with Gasteiger partial charge in [0.05, 0.1) is 24.1 Å². The quantitative estimate of drug-likeness (QED) is 0.659. The Balaban J connectivity index is 1.80. The Morgan fingerprint density at radius 2 is 2.00 bits per heavy atom. The number of carbonyl (C=O) groups is 2. The lowest BCUT2D eigenvalue weighted by molar-refractivity contribution is -0.143. The van der Waals surface area contributed by atoms with Crippen LogP contribution in [0.15, 0.2) is 18.3 Å². The molecule has 1 aliphatic heterocycles. The van der Waals surface area contributed by atoms with Crippen LogP contribution in [0.5, 0.6) is 0 Å². The number of nitrogens with zero attached hydrogens (tertiary/aromatic N) is 2. The summed E-state index contributed by atoms with van der Waals surface area (Å²) in [7, 11) is 0. The molecule has 2 aliphatic rings. The molecule has 5 nitrogen and oxygen atoms in total. The van der Waals surface area contributed by atoms with Crippen molar-refractivity contribution < 1.29 is 9.59 Å². The first-order valence-corrected chi connectivity index (χ1v) is 6.85. The lowest BCUT2D eigenvalue weighted by Gasteiger charge is -2.20. The third-order valence-corrected chi connectivity index (χ3v) is 4.52. The second kappa shape index (κ2) is 4.09. The summed E-state index contributed by atoms with van der Waals surface area (Å²) in [6.45, 7) is 4.19. The second-order valence-electron chi connectivity index (χ2n) is 5.95. The molecule has 104 valence electrons. The summed E-state index contributed by atoms with van der Waals surface area (Å²) >= 11 is 4.87. The van der Waals surface area contributed by atoms with Crippen molar-refractivity contribution in [3.63, 3.8) is 0 Å². The highest BCUT2D eigenvalue weighted by Crippen LogP contribution is 2.63. The number of rotatable bonds is 3. The van der Waals surface area contributed by atoms with E-state index < -0.39 is 0 Å². The molecular formula is C14H15N3O2S. The fraction of sp³-hybridized carbons (Fsp3) is 0.429. The molecule has 0 aromatic carbocycles. The van der Waals surface area contributed by atoms with Crippen LogP contribution in [0.4, 0.5) is 0 Å². The maximum atomic E-state index is 12.2. The highest BCUT2D eigenvalue weighted by Gasteiger charge is 2.72. The molecule has 1 aliphatic carbocycles. The SMILES string of the molecule is CC1(C)C2C(=O)N(Cc3ccnc(C(N)=S)c3)C(=O)C21. The van der Waals surface area contributed by atoms with E-state index >= 15 is 0 Å². The number of pyridine rings is 1. The van der Waals surface area contributed by atoms with E-state index in [0.29, 0.717) is 5.69 Å². The summed E-state index contributed by atoms with van der Waals surface area (Å²) in [4.78, 5) is 30.1. The van der Waals surface area contributed by atoms with Gasteiger partial charge in [0.1, 0.15) is 4.99 Å². The zero-order chi connectivity index (χ0) is 14.7. The van der Waals surface area contributed by atoms with Crippen LogP contribution in [0.1, 0.15) is 25.1 Å². The van der Waals surface area contributed by atoms with Crippen LogP contribution in [0.25, 0.3) is 0 Å². The molecular weight excluding hydrogens is 274 g/mol. The number of amides is 2. The molecule has 0 radical (unpaired) electrons. The summed E-state index contributed by atoms with van der Waals surface area (Å²) in [6.07, 6.45) is 1.58. The van der Waals surface area contributed by atoms with E-state index in [4.69, 9.17) is 18.0 Å². The topological polar surface area (TPSA) is 76.3 Å². The molecule has 1 saturated heterocycles. The zero-order valence-electron chi connectivity index (χ0n) is 11.3. The molecule has 20 heavy (non-hydrogen) atoms. The highest BCUT2D eigenvalue weighted by atomic mass is 32.1. The zero-order valence-corrected chi connectivity index (χ0v) is 12.1. The van der Waals surface area contributed by atoms with Crippen LogP contribution in [-0.4, -0.2) is 26.7 Å². The van der Waals surface area contributed by atoms with Crippen molar-refractivity contribution in [1.82, 2.24) is 9.88 Å². The molecule has 1 aromatic heterocycles. The van der Waals surface area contributed by atoms with Gasteiger partial charge in [0.25, 0.3) is 0 Å². The van der Waals surface area contributed by atoms with Crippen molar-refractivity contribution in [3.05, 3.63) is 29.6 Å². The first-order valence-electron chi connectivity index (χ1n) is 6.44. The van der Waals surface area contributed by atoms with Gasteiger partial charge in [-0.1, -0.05) is 26.1 Å². The summed E-state index contributed by atoms with van der Waals surface area (Å²) < 4.78 is 0. The van der Waals surface area contributed by atoms with Crippen LogP contribution in [-0.2, 0) is 16.1 Å². The van der Waals surface area contributed by atoms with Gasteiger partial charge in [0.15, 0.2) is 0 Å². The van der Waals surface area contributed by atoms with E-state index in [-0.39, 0.29) is 40.6 Å². The molecule has 2 unspecified atom stereocenters. The van der Waals surface area contributed by atoms with Gasteiger partial charge in [-0.25, -0.2) is 0 Å². The van der Waals surface area contributed by atoms with Gasteiger partial charge in [-0.15, -0.1) is 0 Å². The molecule has 3 rings (SSSR count). The predicted molar refractivity (Wildman–Crippen MR) is 76.4 cm³/mol. The number of piperidine rings is 1. The molecule has 0 bridgehead atoms. The minimum Gasteiger partial charge on any atom is -0.388 e. The van der Waals surface area contributed by atoms with E-state index in [1.54, 1.807) is 18.3 Å². The van der Waals surface area contributed by atoms with Gasteiger partial charge in [0, 0.05) is 6.20 Å². The number of thiocarbonyl (C=S) groups is 1. The summed E-state index contributed by atoms with van der Waals surface area (Å²) in [5.74, 6) is -0.434. The first kappa shape index (κ1) is 13.2. The molecule has 2 atom stereocenters. The minimum atomic E-state index is -0.174. The van der Waals surface area contributed by atoms with Crippen LogP contribution >= 0.6 is 12.2 Å². The Labute approximate surface area is 122 Å². The van der Waals surface area contributed by atoms with Gasteiger partial charge in [-0.2, -0.15) is 0 Å². The Morgan fingerprint density at radius 1 is 1.40 bits per heavy atom. The lowest BCUT2D eigenvalue weighted by Crippen LogP contribution is -2.35. The molecule has 2 N–H and O–H groups in total. The van der Waals surface area contributed by atoms with E-state index in [1.807, 2.05) is 13.8 Å². The normalized spacial score (nSPS) is 26.6. The van der Waals surface area contributed by atoms with Crippen molar-refractivity contribution in [1.29, 1.82) is 0 Å². The van der Waals surface area contributed by atoms with Gasteiger partial charge in [-0.3, -0.25) is 19.5 Å². The minimum absolute atomic E-state index is 0.0707. The average molecular weight is 289 g/mol. The van der Waals surface area contributed by atoms with Crippen molar-refractivity contribution >= 4 is 29.0 Å². The van der Waals surface area contributed by atoms with Gasteiger partial charge >= 0.3 is 0 Å². The fourth-order valence-electron chi connectivity index (χ4n) is 3.05. The number of nitrogens with two attached hydrogens (primary N) is 1. The predicted octanol–water partition coefficient (Wildman–Crippen LogP) is 0.857. The maximum absolute atomic E-state index is 12.2. The van der Waals surface area contributed by atoms with E-state index in [9.17, 15) is 9.59 Å². The van der Waals surface area contributed by atoms with Crippen molar-refractivity contribution in [2.75, 3.05) is 0 Å². The number of hydrogen-bond acceptors (Lipinski definition) is 4. The lowest BCUT2D eigenvalue weighted by atomic mass is 10.1. The van der Waals surface area contributed by atoms with Gasteiger partial charge in [-0.05, 0) is 23.1 Å². The number of carbonyl (C=O) groups excluding carboxylic acids is 2. The summed E-state index contributed by atoms with van der Waals surface area (Å²) in [6, 6.07) is 3.48. The standard InChI is InChI=1S/C14H15N3O2S/c1-14(2)9-10(14)13(19)17(12(9)18)6-7-3-4-16-8(5-7)11(15)20/h3-5,9-10H,6H2,1-2H3,(H2,15,20). The van der Waals surface area contributed by atoms with Crippen LogP contribution in [0.3, 0.4) is 0 Å². The first-order chi connectivity index (χ1) is 9.34. The second-order valence-corrected chi connectivity index (χ2v) is 6.39. The number of aromatic nitrogens is 1. The number of hydrogen-bond donors (Lipinski definition) is 1. The van der Waals surface area contributed by atoms with Crippen LogP contribution in [0, 0.1) is 17.3 Å². The largest absolute Gasteiger partial charge is 0.388 e. The number of imide groups is 1. The maximum Gasteiger partial charge on any atom is 0.233 e. The third-order valence-electron chi connectivity index (χ3n) is 4.31. The molecule has 2 heterocycles.